The predicted octanol–water partition coefficient (Wildman–Crippen LogP) is 1.86. The number of halogens is 1. The Balaban J connectivity index is 2.29. The van der Waals surface area contributed by atoms with E-state index in [-0.39, 0.29) is 5.78 Å². The smallest absolute Gasteiger partial charge is 0.129 e. The first kappa shape index (κ1) is 9.70. The molecule has 0 unspecified atom stereocenters. The van der Waals surface area contributed by atoms with Crippen molar-refractivity contribution in [3.8, 4) is 0 Å². The summed E-state index contributed by atoms with van der Waals surface area (Å²) in [5, 5.41) is 4.11. The molecule has 0 aromatic carbocycles. The normalized spacial score (nSPS) is 10.2. The van der Waals surface area contributed by atoms with Crippen molar-refractivity contribution < 1.29 is 4.79 Å². The fourth-order valence-corrected chi connectivity index (χ4v) is 1.40. The van der Waals surface area contributed by atoms with Gasteiger partial charge in [0, 0.05) is 19.2 Å². The van der Waals surface area contributed by atoms with E-state index in [1.54, 1.807) is 6.92 Å². The number of carbonyl (C=O) groups excluding carboxylic acids is 1. The number of aryl methyl sites for hydroxylation is 1. The van der Waals surface area contributed by atoms with Gasteiger partial charge in [-0.1, -0.05) is 0 Å². The van der Waals surface area contributed by atoms with Crippen LogP contribution in [0.15, 0.2) is 12.4 Å². The molecule has 1 aromatic heterocycles. The van der Waals surface area contributed by atoms with Crippen LogP contribution >= 0.6 is 22.6 Å². The number of Topliss-reactive ketones (excluding diaryl/α,β-unsaturated/α-hetero) is 1. The molecule has 3 nitrogen and oxygen atoms in total. The maximum atomic E-state index is 10.6. The molecule has 0 spiro atoms. The third-order valence-electron chi connectivity index (χ3n) is 1.52. The van der Waals surface area contributed by atoms with Gasteiger partial charge in [0.15, 0.2) is 0 Å². The number of carbonyl (C=O) groups is 1. The summed E-state index contributed by atoms with van der Waals surface area (Å²) in [6.07, 6.45) is 5.32. The van der Waals surface area contributed by atoms with E-state index in [9.17, 15) is 4.79 Å². The molecule has 0 atom stereocenters. The Morgan fingerprint density at radius 1 is 1.75 bits per heavy atom. The average Bonchev–Trinajstić information content (AvgIpc) is 2.35. The Kier molecular flexibility index (Phi) is 3.71. The fraction of sp³-hybridized carbons (Fsp3) is 0.500. The van der Waals surface area contributed by atoms with E-state index in [4.69, 9.17) is 0 Å². The highest BCUT2D eigenvalue weighted by molar-refractivity contribution is 14.1. The van der Waals surface area contributed by atoms with Crippen LogP contribution in [-0.4, -0.2) is 15.6 Å². The number of ketones is 1. The molecule has 1 rings (SSSR count). The second kappa shape index (κ2) is 4.59. The van der Waals surface area contributed by atoms with E-state index in [0.29, 0.717) is 6.42 Å². The van der Waals surface area contributed by atoms with Crippen LogP contribution < -0.4 is 0 Å². The van der Waals surface area contributed by atoms with Crippen molar-refractivity contribution in [1.82, 2.24) is 9.78 Å². The number of nitrogens with zero attached hydrogens (tertiary/aromatic N) is 2. The molecule has 0 aliphatic rings. The summed E-state index contributed by atoms with van der Waals surface area (Å²) in [5.74, 6) is 0.247. The minimum Gasteiger partial charge on any atom is -0.300 e. The monoisotopic (exact) mass is 278 g/mol. The molecular formula is C8H11IN2O. The van der Waals surface area contributed by atoms with Crippen LogP contribution in [0.25, 0.3) is 0 Å². The van der Waals surface area contributed by atoms with Crippen molar-refractivity contribution >= 4 is 28.4 Å². The molecule has 1 aromatic rings. The molecule has 0 aliphatic heterocycles. The van der Waals surface area contributed by atoms with Crippen molar-refractivity contribution in [2.75, 3.05) is 0 Å². The fourth-order valence-electron chi connectivity index (χ4n) is 0.951. The molecule has 4 heteroatoms. The van der Waals surface area contributed by atoms with E-state index in [2.05, 4.69) is 27.7 Å². The molecule has 0 N–H and O–H groups in total. The van der Waals surface area contributed by atoms with Gasteiger partial charge in [-0.25, -0.2) is 0 Å². The molecule has 0 radical (unpaired) electrons. The van der Waals surface area contributed by atoms with Crippen LogP contribution in [0.5, 0.6) is 0 Å². The molecule has 12 heavy (non-hydrogen) atoms. The van der Waals surface area contributed by atoms with E-state index in [1.165, 1.54) is 0 Å². The van der Waals surface area contributed by atoms with E-state index in [1.807, 2.05) is 17.1 Å². The molecule has 0 aliphatic carbocycles. The summed E-state index contributed by atoms with van der Waals surface area (Å²) < 4.78 is 3.00. The molecule has 66 valence electrons. The van der Waals surface area contributed by atoms with Gasteiger partial charge >= 0.3 is 0 Å². The summed E-state index contributed by atoms with van der Waals surface area (Å²) >= 11 is 2.22. The van der Waals surface area contributed by atoms with Gasteiger partial charge in [0.25, 0.3) is 0 Å². The van der Waals surface area contributed by atoms with E-state index in [0.717, 1.165) is 16.5 Å². The van der Waals surface area contributed by atoms with Crippen LogP contribution in [0.2, 0.25) is 0 Å². The molecule has 0 amide bonds. The Labute approximate surface area is 85.3 Å². The quantitative estimate of drug-likeness (QED) is 0.788. The molecular weight excluding hydrogens is 267 g/mol. The number of aromatic nitrogens is 2. The lowest BCUT2D eigenvalue weighted by Crippen LogP contribution is -2.00. The van der Waals surface area contributed by atoms with E-state index < -0.39 is 0 Å². The van der Waals surface area contributed by atoms with Gasteiger partial charge in [-0.3, -0.25) is 4.68 Å². The third-order valence-corrected chi connectivity index (χ3v) is 2.07. The molecule has 0 bridgehead atoms. The lowest BCUT2D eigenvalue weighted by Gasteiger charge is -1.97. The van der Waals surface area contributed by atoms with Crippen LogP contribution in [-0.2, 0) is 11.3 Å². The zero-order valence-corrected chi connectivity index (χ0v) is 9.11. The summed E-state index contributed by atoms with van der Waals surface area (Å²) in [7, 11) is 0. The second-order valence-electron chi connectivity index (χ2n) is 2.73. The zero-order valence-electron chi connectivity index (χ0n) is 6.96. The second-order valence-corrected chi connectivity index (χ2v) is 3.97. The molecule has 0 saturated heterocycles. The topological polar surface area (TPSA) is 34.9 Å². The molecule has 0 saturated carbocycles. The number of hydrogen-bond acceptors (Lipinski definition) is 2. The van der Waals surface area contributed by atoms with Crippen molar-refractivity contribution in [2.45, 2.75) is 26.3 Å². The highest BCUT2D eigenvalue weighted by Crippen LogP contribution is 2.02. The van der Waals surface area contributed by atoms with E-state index >= 15 is 0 Å². The lowest BCUT2D eigenvalue weighted by molar-refractivity contribution is -0.117. The first-order chi connectivity index (χ1) is 5.68. The number of rotatable bonds is 4. The van der Waals surface area contributed by atoms with Gasteiger partial charge in [0.2, 0.25) is 0 Å². The Hall–Kier alpha value is -0.390. The van der Waals surface area contributed by atoms with Gasteiger partial charge in [-0.15, -0.1) is 0 Å². The Morgan fingerprint density at radius 3 is 3.00 bits per heavy atom. The van der Waals surface area contributed by atoms with Gasteiger partial charge in [0.05, 0.1) is 9.77 Å². The maximum absolute atomic E-state index is 10.6. The zero-order chi connectivity index (χ0) is 8.97. The largest absolute Gasteiger partial charge is 0.300 e. The minimum absolute atomic E-state index is 0.247. The summed E-state index contributed by atoms with van der Waals surface area (Å²) in [4.78, 5) is 10.6. The highest BCUT2D eigenvalue weighted by atomic mass is 127. The van der Waals surface area contributed by atoms with Crippen LogP contribution in [0.1, 0.15) is 19.8 Å². The van der Waals surface area contributed by atoms with Gasteiger partial charge < -0.3 is 4.79 Å². The third kappa shape index (κ3) is 3.34. The SMILES string of the molecule is CC(=O)CCCn1cc(I)cn1. The number of hydrogen-bond donors (Lipinski definition) is 0. The maximum Gasteiger partial charge on any atom is 0.129 e. The van der Waals surface area contributed by atoms with Crippen molar-refractivity contribution in [1.29, 1.82) is 0 Å². The first-order valence-electron chi connectivity index (χ1n) is 3.86. The van der Waals surface area contributed by atoms with Crippen LogP contribution in [0.4, 0.5) is 0 Å². The van der Waals surface area contributed by atoms with Crippen LogP contribution in [0.3, 0.4) is 0 Å². The highest BCUT2D eigenvalue weighted by Gasteiger charge is 1.96. The average molecular weight is 278 g/mol. The first-order valence-corrected chi connectivity index (χ1v) is 4.94. The van der Waals surface area contributed by atoms with Crippen molar-refractivity contribution in [3.05, 3.63) is 16.0 Å². The van der Waals surface area contributed by atoms with Gasteiger partial charge in [0.1, 0.15) is 5.78 Å². The minimum atomic E-state index is 0.247. The molecule has 1 heterocycles. The predicted molar refractivity (Wildman–Crippen MR) is 54.9 cm³/mol. The summed E-state index contributed by atoms with van der Waals surface area (Å²) in [6, 6.07) is 0. The van der Waals surface area contributed by atoms with Gasteiger partial charge in [-0.2, -0.15) is 5.10 Å². The Bertz CT molecular complexity index is 270. The van der Waals surface area contributed by atoms with Crippen molar-refractivity contribution in [2.24, 2.45) is 0 Å². The Morgan fingerprint density at radius 2 is 2.50 bits per heavy atom. The standard InChI is InChI=1S/C8H11IN2O/c1-7(12)3-2-4-11-6-8(9)5-10-11/h5-6H,2-4H2,1H3. The summed E-state index contributed by atoms with van der Waals surface area (Å²) in [5.41, 5.74) is 0. The van der Waals surface area contributed by atoms with Gasteiger partial charge in [-0.05, 0) is 35.9 Å². The van der Waals surface area contributed by atoms with Crippen LogP contribution in [0, 0.1) is 3.57 Å². The molecule has 0 fully saturated rings. The summed E-state index contributed by atoms with van der Waals surface area (Å²) in [6.45, 7) is 2.45. The lowest BCUT2D eigenvalue weighted by atomic mass is 10.2. The van der Waals surface area contributed by atoms with Crippen molar-refractivity contribution in [3.63, 3.8) is 0 Å².